The summed E-state index contributed by atoms with van der Waals surface area (Å²) in [6.45, 7) is 3.45. The summed E-state index contributed by atoms with van der Waals surface area (Å²) < 4.78 is 10.2. The molecule has 0 radical (unpaired) electrons. The minimum atomic E-state index is -1.55. The Kier molecular flexibility index (Phi) is 7.17. The Morgan fingerprint density at radius 2 is 1.58 bits per heavy atom. The zero-order valence-electron chi connectivity index (χ0n) is 14.8. The van der Waals surface area contributed by atoms with E-state index < -0.39 is 24.2 Å². The van der Waals surface area contributed by atoms with E-state index in [9.17, 15) is 14.7 Å². The number of hydrogen-bond acceptors (Lipinski definition) is 5. The van der Waals surface area contributed by atoms with Gasteiger partial charge < -0.3 is 19.9 Å². The maximum atomic E-state index is 12.2. The molecule has 0 unspecified atom stereocenters. The number of aliphatic hydroxyl groups excluding tert-OH is 1. The number of esters is 1. The van der Waals surface area contributed by atoms with E-state index in [4.69, 9.17) is 9.47 Å². The smallest absolute Gasteiger partial charge is 0.408 e. The summed E-state index contributed by atoms with van der Waals surface area (Å²) in [4.78, 5) is 24.2. The van der Waals surface area contributed by atoms with Crippen LogP contribution >= 0.6 is 0 Å². The molecule has 1 amide bonds. The molecule has 2 aromatic rings. The number of nitrogens with one attached hydrogen (secondary N) is 1. The van der Waals surface area contributed by atoms with Crippen LogP contribution in [0.15, 0.2) is 60.7 Å². The molecular formula is C20H23NO5. The van der Waals surface area contributed by atoms with Gasteiger partial charge in [-0.25, -0.2) is 9.59 Å². The second-order valence-electron chi connectivity index (χ2n) is 6.02. The molecule has 0 heterocycles. The molecule has 6 nitrogen and oxygen atoms in total. The number of hydrogen-bond donors (Lipinski definition) is 2. The number of amides is 1. The summed E-state index contributed by atoms with van der Waals surface area (Å²) in [5, 5.41) is 12.9. The maximum absolute atomic E-state index is 12.2. The maximum Gasteiger partial charge on any atom is 0.408 e. The molecule has 0 aliphatic heterocycles. The van der Waals surface area contributed by atoms with Gasteiger partial charge >= 0.3 is 12.1 Å². The van der Waals surface area contributed by atoms with E-state index in [0.29, 0.717) is 5.56 Å². The minimum Gasteiger partial charge on any atom is -0.461 e. The first-order valence-corrected chi connectivity index (χ1v) is 8.38. The zero-order chi connectivity index (χ0) is 18.9. The largest absolute Gasteiger partial charge is 0.461 e. The highest BCUT2D eigenvalue weighted by Crippen LogP contribution is 2.19. The van der Waals surface area contributed by atoms with E-state index in [1.54, 1.807) is 44.2 Å². The van der Waals surface area contributed by atoms with Crippen molar-refractivity contribution in [1.29, 1.82) is 0 Å². The topological polar surface area (TPSA) is 84.9 Å². The molecule has 0 bridgehead atoms. The number of carbonyl (C=O) groups is 2. The molecule has 6 heteroatoms. The summed E-state index contributed by atoms with van der Waals surface area (Å²) in [7, 11) is 0. The Morgan fingerprint density at radius 1 is 1.00 bits per heavy atom. The third-order valence-electron chi connectivity index (χ3n) is 3.55. The van der Waals surface area contributed by atoms with Crippen LogP contribution < -0.4 is 5.32 Å². The lowest BCUT2D eigenvalue weighted by Crippen LogP contribution is -2.41. The Hall–Kier alpha value is -2.86. The van der Waals surface area contributed by atoms with E-state index in [2.05, 4.69) is 5.32 Å². The highest BCUT2D eigenvalue weighted by Gasteiger charge is 2.31. The monoisotopic (exact) mass is 357 g/mol. The van der Waals surface area contributed by atoms with Crippen molar-refractivity contribution < 1.29 is 24.2 Å². The van der Waals surface area contributed by atoms with Gasteiger partial charge in [0.25, 0.3) is 0 Å². The van der Waals surface area contributed by atoms with E-state index >= 15 is 0 Å². The number of rotatable bonds is 7. The summed E-state index contributed by atoms with van der Waals surface area (Å²) in [6.07, 6.45) is -2.67. The highest BCUT2D eigenvalue weighted by atomic mass is 16.6. The van der Waals surface area contributed by atoms with Crippen molar-refractivity contribution in [2.75, 3.05) is 0 Å². The zero-order valence-corrected chi connectivity index (χ0v) is 14.8. The molecule has 0 saturated carbocycles. The first-order chi connectivity index (χ1) is 12.5. The number of ether oxygens (including phenoxy) is 2. The van der Waals surface area contributed by atoms with Crippen molar-refractivity contribution in [2.24, 2.45) is 0 Å². The van der Waals surface area contributed by atoms with Gasteiger partial charge in [0.2, 0.25) is 0 Å². The van der Waals surface area contributed by atoms with Gasteiger partial charge in [0.1, 0.15) is 6.61 Å². The van der Waals surface area contributed by atoms with Gasteiger partial charge in [-0.3, -0.25) is 0 Å². The van der Waals surface area contributed by atoms with Gasteiger partial charge in [-0.15, -0.1) is 0 Å². The van der Waals surface area contributed by atoms with Crippen molar-refractivity contribution in [3.63, 3.8) is 0 Å². The lowest BCUT2D eigenvalue weighted by Gasteiger charge is -2.24. The highest BCUT2D eigenvalue weighted by molar-refractivity contribution is 5.77. The van der Waals surface area contributed by atoms with Crippen LogP contribution in [0.3, 0.4) is 0 Å². The summed E-state index contributed by atoms with van der Waals surface area (Å²) in [5.74, 6) is -0.808. The molecule has 0 saturated heterocycles. The molecule has 2 N–H and O–H groups in total. The van der Waals surface area contributed by atoms with Gasteiger partial charge in [0, 0.05) is 0 Å². The first kappa shape index (κ1) is 19.5. The minimum absolute atomic E-state index is 0.0840. The quantitative estimate of drug-likeness (QED) is 0.744. The van der Waals surface area contributed by atoms with Crippen LogP contribution in [0.1, 0.15) is 31.0 Å². The predicted octanol–water partition coefficient (Wildman–Crippen LogP) is 2.97. The van der Waals surface area contributed by atoms with Crippen LogP contribution in [0.25, 0.3) is 0 Å². The van der Waals surface area contributed by atoms with E-state index in [0.717, 1.165) is 5.56 Å². The summed E-state index contributed by atoms with van der Waals surface area (Å²) >= 11 is 0. The molecule has 2 rings (SSSR count). The van der Waals surface area contributed by atoms with E-state index in [-0.39, 0.29) is 12.7 Å². The number of alkyl carbamates (subject to hydrolysis) is 1. The van der Waals surface area contributed by atoms with Crippen LogP contribution in [-0.4, -0.2) is 29.4 Å². The summed E-state index contributed by atoms with van der Waals surface area (Å²) in [6, 6.07) is 16.9. The molecule has 138 valence electrons. The molecule has 2 atom stereocenters. The molecule has 0 fully saturated rings. The van der Waals surface area contributed by atoms with Crippen LogP contribution in [0, 0.1) is 0 Å². The second kappa shape index (κ2) is 9.58. The standard InChI is InChI=1S/C20H23NO5/c1-14(2)26-19(23)18(22)17(16-11-7-4-8-12-16)21-20(24)25-13-15-9-5-3-6-10-15/h3-12,14,17-18,22H,13H2,1-2H3,(H,21,24)/t17-,18+/m1/s1. The van der Waals surface area contributed by atoms with Crippen molar-refractivity contribution in [3.8, 4) is 0 Å². The second-order valence-corrected chi connectivity index (χ2v) is 6.02. The lowest BCUT2D eigenvalue weighted by molar-refractivity contribution is -0.159. The Morgan fingerprint density at radius 3 is 2.15 bits per heavy atom. The lowest BCUT2D eigenvalue weighted by atomic mass is 10.0. The van der Waals surface area contributed by atoms with E-state index in [1.165, 1.54) is 0 Å². The normalized spacial score (nSPS) is 12.9. The molecule has 0 spiro atoms. The van der Waals surface area contributed by atoms with Gasteiger partial charge in [-0.2, -0.15) is 0 Å². The number of carbonyl (C=O) groups excluding carboxylic acids is 2. The fourth-order valence-corrected chi connectivity index (χ4v) is 2.33. The van der Waals surface area contributed by atoms with Gasteiger partial charge in [-0.05, 0) is 25.0 Å². The fraction of sp³-hybridized carbons (Fsp3) is 0.300. The van der Waals surface area contributed by atoms with Crippen molar-refractivity contribution in [3.05, 3.63) is 71.8 Å². The van der Waals surface area contributed by atoms with Crippen LogP contribution in [-0.2, 0) is 20.9 Å². The fourth-order valence-electron chi connectivity index (χ4n) is 2.33. The molecule has 0 aromatic heterocycles. The number of benzene rings is 2. The van der Waals surface area contributed by atoms with Crippen molar-refractivity contribution in [2.45, 2.75) is 38.7 Å². The van der Waals surface area contributed by atoms with Gasteiger partial charge in [0.15, 0.2) is 6.10 Å². The molecular weight excluding hydrogens is 334 g/mol. The van der Waals surface area contributed by atoms with E-state index in [1.807, 2.05) is 30.3 Å². The summed E-state index contributed by atoms with van der Waals surface area (Å²) in [5.41, 5.74) is 1.40. The predicted molar refractivity (Wildman–Crippen MR) is 96.2 cm³/mol. The average molecular weight is 357 g/mol. The molecule has 2 aromatic carbocycles. The molecule has 0 aliphatic carbocycles. The SMILES string of the molecule is CC(C)OC(=O)[C@@H](O)[C@H](NC(=O)OCc1ccccc1)c1ccccc1. The van der Waals surface area contributed by atoms with Crippen molar-refractivity contribution >= 4 is 12.1 Å². The number of aliphatic hydroxyl groups is 1. The van der Waals surface area contributed by atoms with Crippen LogP contribution in [0.5, 0.6) is 0 Å². The third-order valence-corrected chi connectivity index (χ3v) is 3.55. The van der Waals surface area contributed by atoms with Gasteiger partial charge in [-0.1, -0.05) is 60.7 Å². The first-order valence-electron chi connectivity index (χ1n) is 8.38. The Labute approximate surface area is 152 Å². The Balaban J connectivity index is 2.06. The van der Waals surface area contributed by atoms with Crippen LogP contribution in [0.4, 0.5) is 4.79 Å². The molecule has 26 heavy (non-hydrogen) atoms. The van der Waals surface area contributed by atoms with Crippen LogP contribution in [0.2, 0.25) is 0 Å². The van der Waals surface area contributed by atoms with Crippen molar-refractivity contribution in [1.82, 2.24) is 5.32 Å². The average Bonchev–Trinajstić information content (AvgIpc) is 2.65. The Bertz CT molecular complexity index is 703. The van der Waals surface area contributed by atoms with Gasteiger partial charge in [0.05, 0.1) is 12.1 Å². The third kappa shape index (κ3) is 5.89. The molecule has 0 aliphatic rings.